The number of alkyl halides is 3. The zero-order valence-electron chi connectivity index (χ0n) is 9.69. The topological polar surface area (TPSA) is 56.0 Å². The molecule has 0 aromatic carbocycles. The second kappa shape index (κ2) is 3.97. The molecule has 5 nitrogen and oxygen atoms in total. The second-order valence-electron chi connectivity index (χ2n) is 3.77. The van der Waals surface area contributed by atoms with Crippen molar-refractivity contribution in [2.45, 2.75) is 20.0 Å². The van der Waals surface area contributed by atoms with Crippen LogP contribution in [0.3, 0.4) is 0 Å². The molecule has 100 valence electrons. The third-order valence-corrected chi connectivity index (χ3v) is 4.47. The molecular formula is C9H6F3N5S2. The summed E-state index contributed by atoms with van der Waals surface area (Å²) in [6.45, 7) is 3.63. The fourth-order valence-electron chi connectivity index (χ4n) is 1.62. The van der Waals surface area contributed by atoms with E-state index < -0.39 is 12.0 Å². The van der Waals surface area contributed by atoms with Crippen molar-refractivity contribution < 1.29 is 13.2 Å². The fraction of sp³-hybridized carbons (Fsp3) is 0.333. The summed E-state index contributed by atoms with van der Waals surface area (Å²) < 4.78 is 38.8. The van der Waals surface area contributed by atoms with Crippen molar-refractivity contribution in [2.24, 2.45) is 0 Å². The lowest BCUT2D eigenvalue weighted by molar-refractivity contribution is -0.146. The van der Waals surface area contributed by atoms with E-state index in [1.807, 2.05) is 6.92 Å². The van der Waals surface area contributed by atoms with Gasteiger partial charge in [-0.05, 0) is 13.8 Å². The van der Waals surface area contributed by atoms with Crippen LogP contribution >= 0.6 is 22.7 Å². The Kier molecular flexibility index (Phi) is 2.61. The Balaban J connectivity index is 2.18. The molecule has 0 radical (unpaired) electrons. The molecule has 0 aliphatic heterocycles. The molecule has 0 saturated heterocycles. The van der Waals surface area contributed by atoms with Gasteiger partial charge in [-0.25, -0.2) is 4.98 Å². The third-order valence-electron chi connectivity index (χ3n) is 2.34. The maximum absolute atomic E-state index is 12.7. The van der Waals surface area contributed by atoms with Crippen LogP contribution in [0.4, 0.5) is 13.2 Å². The first-order valence-electron chi connectivity index (χ1n) is 5.10. The number of hydrogen-bond donors (Lipinski definition) is 0. The Morgan fingerprint density at radius 1 is 1.11 bits per heavy atom. The molecule has 3 aromatic rings. The molecule has 0 bridgehead atoms. The van der Waals surface area contributed by atoms with Gasteiger partial charge in [-0.3, -0.25) is 0 Å². The van der Waals surface area contributed by atoms with Gasteiger partial charge in [0.05, 0.1) is 15.6 Å². The van der Waals surface area contributed by atoms with Crippen LogP contribution in [0.2, 0.25) is 0 Å². The molecule has 10 heteroatoms. The SMILES string of the molecule is Cc1nc(C)c(-c2nn3c(C(F)(F)F)nnc3s2)s1. The molecule has 3 rings (SSSR count). The number of aryl methyl sites for hydroxylation is 2. The van der Waals surface area contributed by atoms with Crippen LogP contribution in [0, 0.1) is 13.8 Å². The standard InChI is InChI=1S/C9H6F3N5S2/c1-3-5(18-4(2)13-3)6-16-17-7(9(10,11)12)14-15-8(17)19-6/h1-2H3. The smallest absolute Gasteiger partial charge is 0.246 e. The first kappa shape index (κ1) is 12.5. The number of rotatable bonds is 1. The van der Waals surface area contributed by atoms with Gasteiger partial charge in [-0.1, -0.05) is 11.3 Å². The predicted octanol–water partition coefficient (Wildman–Crippen LogP) is 2.94. The number of halogens is 3. The van der Waals surface area contributed by atoms with E-state index in [1.54, 1.807) is 6.92 Å². The van der Waals surface area contributed by atoms with E-state index in [-0.39, 0.29) is 4.96 Å². The van der Waals surface area contributed by atoms with Crippen molar-refractivity contribution in [3.63, 3.8) is 0 Å². The van der Waals surface area contributed by atoms with Crippen LogP contribution in [-0.2, 0) is 6.18 Å². The number of fused-ring (bicyclic) bond motifs is 1. The molecule has 3 heterocycles. The Morgan fingerprint density at radius 3 is 2.42 bits per heavy atom. The highest BCUT2D eigenvalue weighted by molar-refractivity contribution is 7.24. The van der Waals surface area contributed by atoms with Crippen LogP contribution in [0.1, 0.15) is 16.5 Å². The Morgan fingerprint density at radius 2 is 1.84 bits per heavy atom. The number of thiazole rings is 1. The first-order chi connectivity index (χ1) is 8.86. The summed E-state index contributed by atoms with van der Waals surface area (Å²) in [4.78, 5) is 5.11. The molecule has 3 aromatic heterocycles. The molecule has 0 aliphatic carbocycles. The van der Waals surface area contributed by atoms with Crippen LogP contribution in [0.5, 0.6) is 0 Å². The van der Waals surface area contributed by atoms with Gasteiger partial charge < -0.3 is 0 Å². The Bertz CT molecular complexity index is 754. The minimum Gasteiger partial charge on any atom is -0.246 e. The summed E-state index contributed by atoms with van der Waals surface area (Å²) in [5.41, 5.74) is 0.751. The van der Waals surface area contributed by atoms with E-state index in [9.17, 15) is 13.2 Å². The van der Waals surface area contributed by atoms with Gasteiger partial charge in [0, 0.05) is 0 Å². The van der Waals surface area contributed by atoms with E-state index in [0.29, 0.717) is 5.01 Å². The highest BCUT2D eigenvalue weighted by Crippen LogP contribution is 2.35. The van der Waals surface area contributed by atoms with Gasteiger partial charge >= 0.3 is 6.18 Å². The summed E-state index contributed by atoms with van der Waals surface area (Å²) in [6.07, 6.45) is -4.57. The molecule has 0 atom stereocenters. The Hall–Kier alpha value is -1.55. The molecule has 19 heavy (non-hydrogen) atoms. The first-order valence-corrected chi connectivity index (χ1v) is 6.73. The van der Waals surface area contributed by atoms with Crippen molar-refractivity contribution in [1.29, 1.82) is 0 Å². The second-order valence-corrected chi connectivity index (χ2v) is 5.93. The van der Waals surface area contributed by atoms with Crippen LogP contribution in [0.15, 0.2) is 0 Å². The molecule has 0 amide bonds. The average molecular weight is 305 g/mol. The maximum Gasteiger partial charge on any atom is 0.453 e. The van der Waals surface area contributed by atoms with Crippen molar-refractivity contribution in [3.05, 3.63) is 16.5 Å². The summed E-state index contributed by atoms with van der Waals surface area (Å²) >= 11 is 2.46. The van der Waals surface area contributed by atoms with Gasteiger partial charge in [0.1, 0.15) is 0 Å². The lowest BCUT2D eigenvalue weighted by Gasteiger charge is -1.99. The minimum atomic E-state index is -4.57. The van der Waals surface area contributed by atoms with Crippen LogP contribution in [-0.4, -0.2) is 24.8 Å². The number of aromatic nitrogens is 5. The lowest BCUT2D eigenvalue weighted by Crippen LogP contribution is -2.11. The third kappa shape index (κ3) is 2.00. The maximum atomic E-state index is 12.7. The number of hydrogen-bond acceptors (Lipinski definition) is 6. The van der Waals surface area contributed by atoms with Gasteiger partial charge in [0.25, 0.3) is 5.82 Å². The molecule has 0 aliphatic rings. The largest absolute Gasteiger partial charge is 0.453 e. The van der Waals surface area contributed by atoms with Gasteiger partial charge in [-0.2, -0.15) is 22.8 Å². The van der Waals surface area contributed by atoms with E-state index in [2.05, 4.69) is 20.3 Å². The van der Waals surface area contributed by atoms with Crippen molar-refractivity contribution >= 4 is 27.6 Å². The van der Waals surface area contributed by atoms with Crippen molar-refractivity contribution in [1.82, 2.24) is 24.8 Å². The zero-order chi connectivity index (χ0) is 13.8. The van der Waals surface area contributed by atoms with E-state index in [4.69, 9.17) is 0 Å². The predicted molar refractivity (Wildman–Crippen MR) is 64.2 cm³/mol. The average Bonchev–Trinajstić information content (AvgIpc) is 2.88. The summed E-state index contributed by atoms with van der Waals surface area (Å²) in [5.74, 6) is -1.11. The van der Waals surface area contributed by atoms with Crippen LogP contribution in [0.25, 0.3) is 14.8 Å². The van der Waals surface area contributed by atoms with E-state index in [1.165, 1.54) is 11.3 Å². The zero-order valence-corrected chi connectivity index (χ0v) is 11.3. The quantitative estimate of drug-likeness (QED) is 0.693. The summed E-state index contributed by atoms with van der Waals surface area (Å²) in [7, 11) is 0. The van der Waals surface area contributed by atoms with Gasteiger partial charge in [-0.15, -0.1) is 21.5 Å². The molecule has 0 saturated carbocycles. The van der Waals surface area contributed by atoms with Crippen molar-refractivity contribution in [2.75, 3.05) is 0 Å². The highest BCUT2D eigenvalue weighted by Gasteiger charge is 2.38. The molecule has 0 unspecified atom stereocenters. The Labute approximate surface area is 112 Å². The normalized spacial score (nSPS) is 12.5. The van der Waals surface area contributed by atoms with Crippen LogP contribution < -0.4 is 0 Å². The summed E-state index contributed by atoms with van der Waals surface area (Å²) in [6, 6.07) is 0. The minimum absolute atomic E-state index is 0.118. The van der Waals surface area contributed by atoms with E-state index >= 15 is 0 Å². The molecule has 0 spiro atoms. The van der Waals surface area contributed by atoms with E-state index in [0.717, 1.165) is 31.4 Å². The number of nitrogens with zero attached hydrogens (tertiary/aromatic N) is 5. The monoisotopic (exact) mass is 305 g/mol. The highest BCUT2D eigenvalue weighted by atomic mass is 32.1. The van der Waals surface area contributed by atoms with Gasteiger partial charge in [0.2, 0.25) is 4.96 Å². The molecular weight excluding hydrogens is 299 g/mol. The summed E-state index contributed by atoms with van der Waals surface area (Å²) in [5, 5.41) is 11.9. The van der Waals surface area contributed by atoms with Gasteiger partial charge in [0.15, 0.2) is 5.01 Å². The molecule has 0 N–H and O–H groups in total. The molecule has 0 fully saturated rings. The lowest BCUT2D eigenvalue weighted by atomic mass is 10.4. The van der Waals surface area contributed by atoms with Crippen molar-refractivity contribution in [3.8, 4) is 9.88 Å². The fourth-order valence-corrected chi connectivity index (χ4v) is 3.50.